The van der Waals surface area contributed by atoms with E-state index in [1.807, 2.05) is 0 Å². The topological polar surface area (TPSA) is 37.4 Å². The average molecular weight is 324 g/mol. The van der Waals surface area contributed by atoms with Crippen LogP contribution in [0.15, 0.2) is 21.7 Å². The van der Waals surface area contributed by atoms with Crippen molar-refractivity contribution in [2.75, 3.05) is 11.9 Å². The van der Waals surface area contributed by atoms with E-state index in [2.05, 4.69) is 15.9 Å². The minimum absolute atomic E-state index is 0.112. The highest BCUT2D eigenvalue weighted by Crippen LogP contribution is 2.28. The second-order valence-electron chi connectivity index (χ2n) is 3.85. The number of thiophene rings is 1. The van der Waals surface area contributed by atoms with Crippen molar-refractivity contribution >= 4 is 37.3 Å². The third-order valence-corrected chi connectivity index (χ3v) is 6.88. The number of piperidine rings is 1. The molecular weight excluding hydrogens is 310 g/mol. The molecule has 0 spiro atoms. The zero-order valence-corrected chi connectivity index (χ0v) is 12.0. The first-order valence-corrected chi connectivity index (χ1v) is 8.71. The lowest BCUT2D eigenvalue weighted by molar-refractivity contribution is 0.274. The summed E-state index contributed by atoms with van der Waals surface area (Å²) in [6.45, 7) is 0.649. The van der Waals surface area contributed by atoms with Crippen LogP contribution in [0.4, 0.5) is 0 Å². The Morgan fingerprint density at radius 1 is 1.50 bits per heavy atom. The summed E-state index contributed by atoms with van der Waals surface area (Å²) in [6, 6.07) is 3.57. The normalized spacial score (nSPS) is 23.4. The molecule has 0 aromatic carbocycles. The number of halogens is 1. The first-order chi connectivity index (χ1) is 7.66. The molecule has 1 saturated heterocycles. The van der Waals surface area contributed by atoms with Gasteiger partial charge in [-0.15, -0.1) is 11.3 Å². The van der Waals surface area contributed by atoms with Gasteiger partial charge in [-0.1, -0.05) is 28.4 Å². The Labute approximate surface area is 109 Å². The lowest BCUT2D eigenvalue weighted by Crippen LogP contribution is -2.44. The molecule has 1 aliphatic rings. The number of rotatable bonds is 3. The van der Waals surface area contributed by atoms with Crippen LogP contribution in [0.2, 0.25) is 0 Å². The molecule has 1 aromatic heterocycles. The SMILES string of the molecule is O=S(=O)(c1cccs1)N1CCCCC1CBr. The zero-order valence-electron chi connectivity index (χ0n) is 8.80. The van der Waals surface area contributed by atoms with Gasteiger partial charge < -0.3 is 0 Å². The van der Waals surface area contributed by atoms with Crippen molar-refractivity contribution in [3.63, 3.8) is 0 Å². The Bertz CT molecular complexity index is 430. The fraction of sp³-hybridized carbons (Fsp3) is 0.600. The molecule has 1 aromatic rings. The monoisotopic (exact) mass is 323 g/mol. The number of sulfonamides is 1. The van der Waals surface area contributed by atoms with Crippen LogP contribution in [-0.4, -0.2) is 30.6 Å². The summed E-state index contributed by atoms with van der Waals surface area (Å²) >= 11 is 4.70. The molecule has 0 bridgehead atoms. The second-order valence-corrected chi connectivity index (χ2v) is 7.56. The molecule has 1 atom stereocenters. The van der Waals surface area contributed by atoms with Crippen LogP contribution in [0.3, 0.4) is 0 Å². The molecule has 0 aliphatic carbocycles. The van der Waals surface area contributed by atoms with Crippen LogP contribution in [0, 0.1) is 0 Å². The molecule has 16 heavy (non-hydrogen) atoms. The van der Waals surface area contributed by atoms with E-state index in [4.69, 9.17) is 0 Å². The van der Waals surface area contributed by atoms with Gasteiger partial charge in [-0.25, -0.2) is 8.42 Å². The van der Waals surface area contributed by atoms with E-state index in [9.17, 15) is 8.42 Å². The van der Waals surface area contributed by atoms with Crippen LogP contribution in [0.25, 0.3) is 0 Å². The van der Waals surface area contributed by atoms with Gasteiger partial charge in [0.05, 0.1) is 0 Å². The van der Waals surface area contributed by atoms with Crippen molar-refractivity contribution in [2.45, 2.75) is 29.5 Å². The van der Waals surface area contributed by atoms with E-state index in [1.165, 1.54) is 11.3 Å². The third kappa shape index (κ3) is 2.34. The quantitative estimate of drug-likeness (QED) is 0.802. The van der Waals surface area contributed by atoms with E-state index in [0.717, 1.165) is 24.6 Å². The summed E-state index contributed by atoms with van der Waals surface area (Å²) in [4.78, 5) is 0. The Balaban J connectivity index is 2.28. The minimum atomic E-state index is -3.26. The summed E-state index contributed by atoms with van der Waals surface area (Å²) in [5.74, 6) is 0. The Kier molecular flexibility index (Phi) is 4.05. The summed E-state index contributed by atoms with van der Waals surface area (Å²) in [6.07, 6.45) is 3.04. The Morgan fingerprint density at radius 3 is 2.94 bits per heavy atom. The fourth-order valence-corrected chi connectivity index (χ4v) is 5.65. The molecule has 90 valence electrons. The largest absolute Gasteiger partial charge is 0.252 e. The number of hydrogen-bond acceptors (Lipinski definition) is 3. The van der Waals surface area contributed by atoms with Gasteiger partial charge >= 0.3 is 0 Å². The molecule has 6 heteroatoms. The van der Waals surface area contributed by atoms with E-state index in [-0.39, 0.29) is 6.04 Å². The highest BCUT2D eigenvalue weighted by atomic mass is 79.9. The van der Waals surface area contributed by atoms with Crippen LogP contribution >= 0.6 is 27.3 Å². The number of alkyl halides is 1. The maximum Gasteiger partial charge on any atom is 0.252 e. The molecule has 1 fully saturated rings. The second kappa shape index (κ2) is 5.16. The van der Waals surface area contributed by atoms with Crippen LogP contribution < -0.4 is 0 Å². The highest BCUT2D eigenvalue weighted by Gasteiger charge is 2.33. The van der Waals surface area contributed by atoms with Gasteiger partial charge in [-0.3, -0.25) is 0 Å². The predicted molar refractivity (Wildman–Crippen MR) is 69.6 cm³/mol. The van der Waals surface area contributed by atoms with Crippen LogP contribution in [0.1, 0.15) is 19.3 Å². The Hall–Kier alpha value is 0.0900. The van der Waals surface area contributed by atoms with Crippen molar-refractivity contribution in [1.29, 1.82) is 0 Å². The average Bonchev–Trinajstić information content (AvgIpc) is 2.83. The highest BCUT2D eigenvalue weighted by molar-refractivity contribution is 9.09. The smallest absolute Gasteiger partial charge is 0.206 e. The third-order valence-electron chi connectivity index (χ3n) is 2.81. The predicted octanol–water partition coefficient (Wildman–Crippen LogP) is 2.69. The van der Waals surface area contributed by atoms with E-state index < -0.39 is 10.0 Å². The summed E-state index contributed by atoms with van der Waals surface area (Å²) in [5, 5.41) is 2.53. The minimum Gasteiger partial charge on any atom is -0.206 e. The van der Waals surface area contributed by atoms with Gasteiger partial charge in [-0.05, 0) is 24.3 Å². The van der Waals surface area contributed by atoms with Gasteiger partial charge in [0.1, 0.15) is 4.21 Å². The number of hydrogen-bond donors (Lipinski definition) is 0. The summed E-state index contributed by atoms with van der Waals surface area (Å²) in [7, 11) is -3.26. The van der Waals surface area contributed by atoms with Gasteiger partial charge in [0.25, 0.3) is 10.0 Å². The molecule has 1 aliphatic heterocycles. The molecule has 2 rings (SSSR count). The van der Waals surface area contributed by atoms with Gasteiger partial charge in [0.2, 0.25) is 0 Å². The van der Waals surface area contributed by atoms with Crippen molar-refractivity contribution < 1.29 is 8.42 Å². The van der Waals surface area contributed by atoms with Crippen molar-refractivity contribution in [2.24, 2.45) is 0 Å². The summed E-state index contributed by atoms with van der Waals surface area (Å²) < 4.78 is 26.8. The molecule has 0 N–H and O–H groups in total. The maximum atomic E-state index is 12.3. The summed E-state index contributed by atoms with van der Waals surface area (Å²) in [5.41, 5.74) is 0. The lowest BCUT2D eigenvalue weighted by atomic mass is 10.1. The van der Waals surface area contributed by atoms with Gasteiger partial charge in [0.15, 0.2) is 0 Å². The van der Waals surface area contributed by atoms with E-state index >= 15 is 0 Å². The molecule has 0 amide bonds. The molecule has 3 nitrogen and oxygen atoms in total. The first-order valence-electron chi connectivity index (χ1n) is 5.27. The first kappa shape index (κ1) is 12.5. The Morgan fingerprint density at radius 2 is 2.31 bits per heavy atom. The van der Waals surface area contributed by atoms with Crippen LogP contribution in [-0.2, 0) is 10.0 Å². The standard InChI is InChI=1S/C10H14BrNO2S2/c11-8-9-4-1-2-6-12(9)16(13,14)10-5-3-7-15-10/h3,5,7,9H,1-2,4,6,8H2. The van der Waals surface area contributed by atoms with Crippen molar-refractivity contribution in [1.82, 2.24) is 4.31 Å². The van der Waals surface area contributed by atoms with Crippen molar-refractivity contribution in [3.05, 3.63) is 17.5 Å². The molecule has 2 heterocycles. The molecular formula is C10H14BrNO2S2. The van der Waals surface area contributed by atoms with Gasteiger partial charge in [-0.2, -0.15) is 4.31 Å². The van der Waals surface area contributed by atoms with E-state index in [1.54, 1.807) is 21.8 Å². The fourth-order valence-electron chi connectivity index (χ4n) is 1.97. The van der Waals surface area contributed by atoms with Gasteiger partial charge in [0, 0.05) is 17.9 Å². The van der Waals surface area contributed by atoms with E-state index in [0.29, 0.717) is 10.8 Å². The molecule has 1 unspecified atom stereocenters. The van der Waals surface area contributed by atoms with Crippen LogP contribution in [0.5, 0.6) is 0 Å². The molecule has 0 radical (unpaired) electrons. The molecule has 0 saturated carbocycles. The zero-order chi connectivity index (χ0) is 11.6. The maximum absolute atomic E-state index is 12.3. The lowest BCUT2D eigenvalue weighted by Gasteiger charge is -2.33. The van der Waals surface area contributed by atoms with Crippen molar-refractivity contribution in [3.8, 4) is 0 Å². The number of nitrogens with zero attached hydrogens (tertiary/aromatic N) is 1.